The van der Waals surface area contributed by atoms with Crippen LogP contribution in [0.2, 0.25) is 32.2 Å². The third kappa shape index (κ3) is 5.65. The van der Waals surface area contributed by atoms with Gasteiger partial charge in [0.2, 0.25) is 0 Å². The minimum Gasteiger partial charge on any atom is -0.398 e. The van der Waals surface area contributed by atoms with Gasteiger partial charge in [0.1, 0.15) is 8.24 Å². The van der Waals surface area contributed by atoms with E-state index < -0.39 is 16.8 Å². The molecule has 0 bridgehead atoms. The molecule has 1 heterocycles. The van der Waals surface area contributed by atoms with E-state index in [1.165, 1.54) is 32.5 Å². The highest BCUT2D eigenvalue weighted by Gasteiger charge is 2.30. The van der Waals surface area contributed by atoms with E-state index in [0.717, 1.165) is 12.7 Å². The van der Waals surface area contributed by atoms with Crippen LogP contribution in [-0.4, -0.2) is 66.8 Å². The lowest BCUT2D eigenvalue weighted by Crippen LogP contribution is -2.55. The van der Waals surface area contributed by atoms with E-state index in [4.69, 9.17) is 8.85 Å². The number of rotatable bonds is 7. The zero-order valence-corrected chi connectivity index (χ0v) is 15.7. The Kier molecular flexibility index (Phi) is 6.68. The van der Waals surface area contributed by atoms with Crippen molar-refractivity contribution < 1.29 is 8.85 Å². The predicted octanol–water partition coefficient (Wildman–Crippen LogP) is 2.54. The Balaban J connectivity index is 2.34. The molecule has 1 aliphatic heterocycles. The van der Waals surface area contributed by atoms with Crippen LogP contribution in [0.3, 0.4) is 0 Å². The maximum Gasteiger partial charge on any atom is 0.334 e. The highest BCUT2D eigenvalue weighted by atomic mass is 28.4. The Hall–Kier alpha value is 0.274. The molecule has 0 unspecified atom stereocenters. The molecule has 0 aromatic heterocycles. The van der Waals surface area contributed by atoms with E-state index in [0.29, 0.717) is 0 Å². The number of nitrogens with zero attached hydrogens (tertiary/aromatic N) is 2. The van der Waals surface area contributed by atoms with Crippen molar-refractivity contribution in [2.75, 3.05) is 40.5 Å². The molecule has 0 atom stereocenters. The highest BCUT2D eigenvalue weighted by Crippen LogP contribution is 2.18. The van der Waals surface area contributed by atoms with Crippen LogP contribution in [0.1, 0.15) is 12.8 Å². The molecule has 0 N–H and O–H groups in total. The summed E-state index contributed by atoms with van der Waals surface area (Å²) in [5.74, 6) is 0. The molecule has 1 aliphatic rings. The molecular weight excluding hydrogens is 272 g/mol. The second kappa shape index (κ2) is 7.33. The third-order valence-corrected chi connectivity index (χ3v) is 9.44. The molecule has 0 saturated carbocycles. The van der Waals surface area contributed by atoms with Gasteiger partial charge in [-0.05, 0) is 38.5 Å². The second-order valence-corrected chi connectivity index (χ2v) is 15.3. The van der Waals surface area contributed by atoms with Crippen LogP contribution >= 0.6 is 0 Å². The molecule has 0 aromatic carbocycles. The zero-order valence-electron chi connectivity index (χ0n) is 13.7. The van der Waals surface area contributed by atoms with Gasteiger partial charge >= 0.3 is 8.56 Å². The standard InChI is InChI=1S/C13H32N2O2Si2/c1-16-19(6,17-2)12-8-10-14-9-7-11-15(13-14)18(3,4)5/h7-13H2,1-6H3. The van der Waals surface area contributed by atoms with Crippen molar-refractivity contribution in [3.05, 3.63) is 0 Å². The molecule has 0 radical (unpaired) electrons. The first kappa shape index (κ1) is 17.3. The molecule has 0 spiro atoms. The van der Waals surface area contributed by atoms with Gasteiger partial charge in [-0.25, -0.2) is 0 Å². The van der Waals surface area contributed by atoms with Gasteiger partial charge in [-0.3, -0.25) is 4.90 Å². The zero-order chi connectivity index (χ0) is 14.5. The molecule has 6 heteroatoms. The van der Waals surface area contributed by atoms with Crippen molar-refractivity contribution in [1.29, 1.82) is 0 Å². The molecule has 19 heavy (non-hydrogen) atoms. The Morgan fingerprint density at radius 1 is 1.00 bits per heavy atom. The quantitative estimate of drug-likeness (QED) is 0.675. The lowest BCUT2D eigenvalue weighted by molar-refractivity contribution is 0.139. The second-order valence-electron chi connectivity index (χ2n) is 6.69. The largest absolute Gasteiger partial charge is 0.398 e. The van der Waals surface area contributed by atoms with Gasteiger partial charge in [-0.2, -0.15) is 0 Å². The monoisotopic (exact) mass is 304 g/mol. The fourth-order valence-corrected chi connectivity index (χ4v) is 5.34. The van der Waals surface area contributed by atoms with Crippen molar-refractivity contribution in [3.8, 4) is 0 Å². The van der Waals surface area contributed by atoms with Crippen LogP contribution in [0, 0.1) is 0 Å². The van der Waals surface area contributed by atoms with Crippen LogP contribution in [-0.2, 0) is 8.85 Å². The summed E-state index contributed by atoms with van der Waals surface area (Å²) < 4.78 is 13.8. The molecule has 114 valence electrons. The first-order valence-electron chi connectivity index (χ1n) is 7.38. The minimum atomic E-state index is -1.87. The lowest BCUT2D eigenvalue weighted by atomic mass is 10.3. The fourth-order valence-electron chi connectivity index (χ4n) is 2.51. The molecule has 1 rings (SSSR count). The van der Waals surface area contributed by atoms with E-state index in [-0.39, 0.29) is 0 Å². The van der Waals surface area contributed by atoms with Crippen molar-refractivity contribution in [2.45, 2.75) is 45.1 Å². The first-order chi connectivity index (χ1) is 8.80. The summed E-state index contributed by atoms with van der Waals surface area (Å²) in [7, 11) is 0.559. The van der Waals surface area contributed by atoms with Crippen LogP contribution in [0.5, 0.6) is 0 Å². The molecule has 0 aliphatic carbocycles. The SMILES string of the molecule is CO[Si](C)(CCCN1CCCN([Si](C)(C)C)C1)OC. The Morgan fingerprint density at radius 2 is 1.63 bits per heavy atom. The maximum absolute atomic E-state index is 5.55. The average molecular weight is 305 g/mol. The lowest BCUT2D eigenvalue weighted by Gasteiger charge is -2.42. The number of hydrogen-bond donors (Lipinski definition) is 0. The summed E-state index contributed by atoms with van der Waals surface area (Å²) in [6.07, 6.45) is 2.50. The van der Waals surface area contributed by atoms with Crippen molar-refractivity contribution in [1.82, 2.24) is 9.47 Å². The number of hydrogen-bond acceptors (Lipinski definition) is 4. The minimum absolute atomic E-state index is 1.09. The van der Waals surface area contributed by atoms with E-state index in [1.54, 1.807) is 14.2 Å². The van der Waals surface area contributed by atoms with E-state index in [1.807, 2.05) is 0 Å². The smallest absolute Gasteiger partial charge is 0.334 e. The third-order valence-electron chi connectivity index (χ3n) is 4.19. The summed E-state index contributed by atoms with van der Waals surface area (Å²) in [6, 6.07) is 1.09. The van der Waals surface area contributed by atoms with Gasteiger partial charge in [0, 0.05) is 27.4 Å². The topological polar surface area (TPSA) is 24.9 Å². The predicted molar refractivity (Wildman–Crippen MR) is 86.2 cm³/mol. The Labute approximate surface area is 121 Å². The maximum atomic E-state index is 5.55. The molecule has 0 aromatic rings. The van der Waals surface area contributed by atoms with Crippen molar-refractivity contribution in [2.24, 2.45) is 0 Å². The Morgan fingerprint density at radius 3 is 2.16 bits per heavy atom. The molecule has 1 fully saturated rings. The summed E-state index contributed by atoms with van der Waals surface area (Å²) in [4.78, 5) is 2.60. The Bertz CT molecular complexity index is 268. The van der Waals surface area contributed by atoms with Crippen molar-refractivity contribution >= 4 is 16.8 Å². The normalized spacial score (nSPS) is 19.9. The van der Waals surface area contributed by atoms with Gasteiger partial charge in [-0.15, -0.1) is 0 Å². The summed E-state index contributed by atoms with van der Waals surface area (Å²) in [6.45, 7) is 14.3. The fraction of sp³-hybridized carbons (Fsp3) is 1.00. The average Bonchev–Trinajstić information content (AvgIpc) is 2.38. The van der Waals surface area contributed by atoms with Gasteiger partial charge in [0.25, 0.3) is 0 Å². The van der Waals surface area contributed by atoms with Crippen LogP contribution < -0.4 is 0 Å². The first-order valence-corrected chi connectivity index (χ1v) is 13.4. The summed E-state index contributed by atoms with van der Waals surface area (Å²) in [5.41, 5.74) is 0. The van der Waals surface area contributed by atoms with Crippen LogP contribution in [0.25, 0.3) is 0 Å². The van der Waals surface area contributed by atoms with Crippen LogP contribution in [0.15, 0.2) is 0 Å². The summed E-state index contributed by atoms with van der Waals surface area (Å²) in [5, 5.41) is 0. The van der Waals surface area contributed by atoms with Gasteiger partial charge < -0.3 is 13.4 Å². The van der Waals surface area contributed by atoms with Crippen LogP contribution in [0.4, 0.5) is 0 Å². The molecule has 4 nitrogen and oxygen atoms in total. The van der Waals surface area contributed by atoms with Gasteiger partial charge in [0.05, 0.1) is 0 Å². The molecule has 0 amide bonds. The molecular formula is C13H32N2O2Si2. The highest BCUT2D eigenvalue weighted by molar-refractivity contribution is 6.73. The molecule has 1 saturated heterocycles. The summed E-state index contributed by atoms with van der Waals surface area (Å²) >= 11 is 0. The van der Waals surface area contributed by atoms with E-state index in [2.05, 4.69) is 35.7 Å². The van der Waals surface area contributed by atoms with Gasteiger partial charge in [0.15, 0.2) is 0 Å². The van der Waals surface area contributed by atoms with E-state index in [9.17, 15) is 0 Å². The van der Waals surface area contributed by atoms with Gasteiger partial charge in [-0.1, -0.05) is 19.6 Å². The van der Waals surface area contributed by atoms with E-state index >= 15 is 0 Å². The van der Waals surface area contributed by atoms with Crippen molar-refractivity contribution in [3.63, 3.8) is 0 Å².